The van der Waals surface area contributed by atoms with Gasteiger partial charge in [0.05, 0.1) is 0 Å². The summed E-state index contributed by atoms with van der Waals surface area (Å²) in [5.41, 5.74) is 0. The first-order chi connectivity index (χ1) is 6.27. The summed E-state index contributed by atoms with van der Waals surface area (Å²) < 4.78 is 1.90. The Morgan fingerprint density at radius 1 is 1.46 bits per heavy atom. The second kappa shape index (κ2) is 3.24. The summed E-state index contributed by atoms with van der Waals surface area (Å²) in [5, 5.41) is 0. The van der Waals surface area contributed by atoms with Gasteiger partial charge in [0.1, 0.15) is 6.54 Å². The number of hydrogen-bond acceptors (Lipinski definition) is 1. The lowest BCUT2D eigenvalue weighted by molar-refractivity contribution is -0.131. The van der Waals surface area contributed by atoms with Crippen LogP contribution in [-0.4, -0.2) is 28.5 Å². The van der Waals surface area contributed by atoms with Crippen molar-refractivity contribution in [3.8, 4) is 0 Å². The van der Waals surface area contributed by atoms with E-state index in [1.807, 2.05) is 41.0 Å². The van der Waals surface area contributed by atoms with Crippen molar-refractivity contribution in [1.82, 2.24) is 9.47 Å². The number of amides is 1. The van der Waals surface area contributed by atoms with Crippen LogP contribution in [0.1, 0.15) is 12.8 Å². The van der Waals surface area contributed by atoms with Gasteiger partial charge in [-0.1, -0.05) is 0 Å². The minimum Gasteiger partial charge on any atom is -0.345 e. The van der Waals surface area contributed by atoms with Crippen LogP contribution in [0.2, 0.25) is 0 Å². The van der Waals surface area contributed by atoms with Gasteiger partial charge in [0, 0.05) is 25.5 Å². The fourth-order valence-corrected chi connectivity index (χ4v) is 1.41. The van der Waals surface area contributed by atoms with E-state index in [1.165, 1.54) is 12.8 Å². The molecular weight excluding hydrogens is 164 g/mol. The molecule has 0 spiro atoms. The highest BCUT2D eigenvalue weighted by molar-refractivity contribution is 5.76. The molecule has 1 aliphatic carbocycles. The SMILES string of the molecule is CN(C(=O)Cn1cccc1)C1CC1. The van der Waals surface area contributed by atoms with E-state index < -0.39 is 0 Å². The second-order valence-electron chi connectivity index (χ2n) is 3.59. The molecule has 0 saturated heterocycles. The van der Waals surface area contributed by atoms with Gasteiger partial charge in [-0.3, -0.25) is 4.79 Å². The summed E-state index contributed by atoms with van der Waals surface area (Å²) >= 11 is 0. The highest BCUT2D eigenvalue weighted by atomic mass is 16.2. The van der Waals surface area contributed by atoms with Gasteiger partial charge >= 0.3 is 0 Å². The molecule has 1 aliphatic rings. The average Bonchev–Trinajstić information content (AvgIpc) is 2.85. The molecule has 1 aromatic heterocycles. The average molecular weight is 178 g/mol. The number of rotatable bonds is 3. The smallest absolute Gasteiger partial charge is 0.242 e. The van der Waals surface area contributed by atoms with Crippen molar-refractivity contribution in [2.75, 3.05) is 7.05 Å². The monoisotopic (exact) mass is 178 g/mol. The Kier molecular flexibility index (Phi) is 2.08. The normalized spacial score (nSPS) is 15.8. The lowest BCUT2D eigenvalue weighted by Crippen LogP contribution is -2.31. The first-order valence-corrected chi connectivity index (χ1v) is 4.64. The van der Waals surface area contributed by atoms with E-state index in [2.05, 4.69) is 0 Å². The molecule has 3 heteroatoms. The molecular formula is C10H14N2O. The van der Waals surface area contributed by atoms with Crippen molar-refractivity contribution in [3.63, 3.8) is 0 Å². The zero-order valence-electron chi connectivity index (χ0n) is 7.81. The number of carbonyl (C=O) groups excluding carboxylic acids is 1. The second-order valence-corrected chi connectivity index (χ2v) is 3.59. The van der Waals surface area contributed by atoms with Gasteiger partial charge in [-0.25, -0.2) is 0 Å². The first-order valence-electron chi connectivity index (χ1n) is 4.64. The molecule has 70 valence electrons. The number of nitrogens with zero attached hydrogens (tertiary/aromatic N) is 2. The summed E-state index contributed by atoms with van der Waals surface area (Å²) in [5.74, 6) is 0.207. The predicted octanol–water partition coefficient (Wildman–Crippen LogP) is 1.11. The largest absolute Gasteiger partial charge is 0.345 e. The van der Waals surface area contributed by atoms with Crippen LogP contribution in [0.25, 0.3) is 0 Å². The number of aromatic nitrogens is 1. The molecule has 13 heavy (non-hydrogen) atoms. The topological polar surface area (TPSA) is 25.2 Å². The molecule has 0 radical (unpaired) electrons. The van der Waals surface area contributed by atoms with Crippen LogP contribution in [0.15, 0.2) is 24.5 Å². The lowest BCUT2D eigenvalue weighted by atomic mass is 10.5. The predicted molar refractivity (Wildman–Crippen MR) is 50.2 cm³/mol. The van der Waals surface area contributed by atoms with Crippen LogP contribution in [0.4, 0.5) is 0 Å². The molecule has 1 fully saturated rings. The van der Waals surface area contributed by atoms with E-state index >= 15 is 0 Å². The molecule has 0 N–H and O–H groups in total. The van der Waals surface area contributed by atoms with Crippen molar-refractivity contribution < 1.29 is 4.79 Å². The highest BCUT2D eigenvalue weighted by Gasteiger charge is 2.29. The van der Waals surface area contributed by atoms with Crippen LogP contribution in [-0.2, 0) is 11.3 Å². The summed E-state index contributed by atoms with van der Waals surface area (Å²) in [6.07, 6.45) is 6.18. The lowest BCUT2D eigenvalue weighted by Gasteiger charge is -2.16. The van der Waals surface area contributed by atoms with Gasteiger partial charge in [-0.05, 0) is 25.0 Å². The maximum Gasteiger partial charge on any atom is 0.242 e. The summed E-state index contributed by atoms with van der Waals surface area (Å²) in [6.45, 7) is 0.472. The minimum absolute atomic E-state index is 0.207. The van der Waals surface area contributed by atoms with Crippen LogP contribution >= 0.6 is 0 Å². The van der Waals surface area contributed by atoms with Crippen molar-refractivity contribution in [1.29, 1.82) is 0 Å². The molecule has 1 heterocycles. The molecule has 1 saturated carbocycles. The molecule has 3 nitrogen and oxygen atoms in total. The standard InChI is InChI=1S/C10H14N2O/c1-11(9-4-5-9)10(13)8-12-6-2-3-7-12/h2-3,6-7,9H,4-5,8H2,1H3. The van der Waals surface area contributed by atoms with Gasteiger partial charge in [-0.15, -0.1) is 0 Å². The van der Waals surface area contributed by atoms with Crippen molar-refractivity contribution in [3.05, 3.63) is 24.5 Å². The first kappa shape index (κ1) is 8.35. The zero-order valence-corrected chi connectivity index (χ0v) is 7.81. The third-order valence-electron chi connectivity index (χ3n) is 2.47. The third-order valence-corrected chi connectivity index (χ3v) is 2.47. The zero-order chi connectivity index (χ0) is 9.26. The molecule has 0 aliphatic heterocycles. The van der Waals surface area contributed by atoms with Gasteiger partial charge in [-0.2, -0.15) is 0 Å². The summed E-state index contributed by atoms with van der Waals surface area (Å²) in [4.78, 5) is 13.5. The number of carbonyl (C=O) groups is 1. The van der Waals surface area contributed by atoms with Crippen LogP contribution in [0.3, 0.4) is 0 Å². The van der Waals surface area contributed by atoms with E-state index in [-0.39, 0.29) is 5.91 Å². The molecule has 0 aromatic carbocycles. The fourth-order valence-electron chi connectivity index (χ4n) is 1.41. The number of hydrogen-bond donors (Lipinski definition) is 0. The maximum atomic E-state index is 11.6. The van der Waals surface area contributed by atoms with E-state index in [4.69, 9.17) is 0 Å². The van der Waals surface area contributed by atoms with Gasteiger partial charge in [0.25, 0.3) is 0 Å². The fraction of sp³-hybridized carbons (Fsp3) is 0.500. The van der Waals surface area contributed by atoms with Crippen LogP contribution < -0.4 is 0 Å². The highest BCUT2D eigenvalue weighted by Crippen LogP contribution is 2.25. The Bertz CT molecular complexity index is 288. The van der Waals surface area contributed by atoms with E-state index in [1.54, 1.807) is 0 Å². The molecule has 0 atom stereocenters. The molecule has 1 amide bonds. The van der Waals surface area contributed by atoms with Gasteiger partial charge in [0.2, 0.25) is 5.91 Å². The summed E-state index contributed by atoms with van der Waals surface area (Å²) in [6, 6.07) is 4.39. The van der Waals surface area contributed by atoms with Gasteiger partial charge < -0.3 is 9.47 Å². The molecule has 0 bridgehead atoms. The minimum atomic E-state index is 0.207. The Hall–Kier alpha value is -1.25. The van der Waals surface area contributed by atoms with Crippen molar-refractivity contribution in [2.24, 2.45) is 0 Å². The van der Waals surface area contributed by atoms with Gasteiger partial charge in [0.15, 0.2) is 0 Å². The Labute approximate surface area is 78.0 Å². The van der Waals surface area contributed by atoms with E-state index in [9.17, 15) is 4.79 Å². The third kappa shape index (κ3) is 1.91. The maximum absolute atomic E-state index is 11.6. The van der Waals surface area contributed by atoms with Crippen LogP contribution in [0.5, 0.6) is 0 Å². The molecule has 2 rings (SSSR count). The van der Waals surface area contributed by atoms with E-state index in [0.29, 0.717) is 12.6 Å². The Balaban J connectivity index is 1.90. The quantitative estimate of drug-likeness (QED) is 0.680. The Morgan fingerprint density at radius 2 is 2.08 bits per heavy atom. The van der Waals surface area contributed by atoms with E-state index in [0.717, 1.165) is 0 Å². The van der Waals surface area contributed by atoms with Crippen LogP contribution in [0, 0.1) is 0 Å². The Morgan fingerprint density at radius 3 is 2.62 bits per heavy atom. The van der Waals surface area contributed by atoms with Crippen molar-refractivity contribution >= 4 is 5.91 Å². The van der Waals surface area contributed by atoms with Crippen molar-refractivity contribution in [2.45, 2.75) is 25.4 Å². The number of likely N-dealkylation sites (N-methyl/N-ethyl adjacent to an activating group) is 1. The molecule has 0 unspecified atom stereocenters. The molecule has 1 aromatic rings. The summed E-state index contributed by atoms with van der Waals surface area (Å²) in [7, 11) is 1.89.